The summed E-state index contributed by atoms with van der Waals surface area (Å²) in [6.45, 7) is 2.46. The molecule has 33 heavy (non-hydrogen) atoms. The average molecular weight is 497 g/mol. The number of halogens is 1. The van der Waals surface area contributed by atoms with Gasteiger partial charge in [0, 0.05) is 29.4 Å². The SMILES string of the molecule is Cc1ccc(S(=O)(=O)N2CCOCC2)cc1NC(=O)COC(=O)CCSc1ccc(F)cc1. The molecule has 1 amide bonds. The zero-order valence-corrected chi connectivity index (χ0v) is 19.7. The molecule has 0 saturated carbocycles. The molecule has 1 N–H and O–H groups in total. The molecule has 0 aromatic heterocycles. The van der Waals surface area contributed by atoms with Crippen LogP contribution in [0.1, 0.15) is 12.0 Å². The van der Waals surface area contributed by atoms with Crippen LogP contribution >= 0.6 is 11.8 Å². The molecule has 1 saturated heterocycles. The quantitative estimate of drug-likeness (QED) is 0.421. The number of carbonyl (C=O) groups excluding carboxylic acids is 2. The number of sulfonamides is 1. The van der Waals surface area contributed by atoms with Crippen molar-refractivity contribution in [1.29, 1.82) is 0 Å². The summed E-state index contributed by atoms with van der Waals surface area (Å²) in [7, 11) is -3.70. The maximum absolute atomic E-state index is 12.9. The highest BCUT2D eigenvalue weighted by Crippen LogP contribution is 2.24. The van der Waals surface area contributed by atoms with Gasteiger partial charge >= 0.3 is 5.97 Å². The van der Waals surface area contributed by atoms with Gasteiger partial charge in [-0.15, -0.1) is 11.8 Å². The number of hydrogen-bond donors (Lipinski definition) is 1. The van der Waals surface area contributed by atoms with Crippen LogP contribution in [-0.4, -0.2) is 63.3 Å². The van der Waals surface area contributed by atoms with Gasteiger partial charge in [-0.25, -0.2) is 12.8 Å². The molecule has 0 bridgehead atoms. The van der Waals surface area contributed by atoms with Crippen molar-refractivity contribution in [3.8, 4) is 0 Å². The minimum Gasteiger partial charge on any atom is -0.456 e. The number of anilines is 1. The van der Waals surface area contributed by atoms with Gasteiger partial charge in [-0.2, -0.15) is 4.31 Å². The van der Waals surface area contributed by atoms with E-state index in [1.807, 2.05) is 0 Å². The van der Waals surface area contributed by atoms with Crippen LogP contribution in [0.15, 0.2) is 52.3 Å². The van der Waals surface area contributed by atoms with Gasteiger partial charge in [0.2, 0.25) is 10.0 Å². The first-order valence-corrected chi connectivity index (χ1v) is 12.7. The second-order valence-corrected chi connectivity index (χ2v) is 10.4. The minimum absolute atomic E-state index is 0.0695. The number of thioether (sulfide) groups is 1. The fraction of sp³-hybridized carbons (Fsp3) is 0.364. The van der Waals surface area contributed by atoms with Crippen molar-refractivity contribution >= 4 is 39.3 Å². The topological polar surface area (TPSA) is 102 Å². The highest BCUT2D eigenvalue weighted by atomic mass is 32.2. The van der Waals surface area contributed by atoms with Gasteiger partial charge in [-0.1, -0.05) is 6.07 Å². The fourth-order valence-corrected chi connectivity index (χ4v) is 5.29. The largest absolute Gasteiger partial charge is 0.456 e. The second-order valence-electron chi connectivity index (χ2n) is 7.25. The lowest BCUT2D eigenvalue weighted by atomic mass is 10.2. The van der Waals surface area contributed by atoms with Crippen molar-refractivity contribution in [2.24, 2.45) is 0 Å². The van der Waals surface area contributed by atoms with Gasteiger partial charge in [0.15, 0.2) is 6.61 Å². The predicted octanol–water partition coefficient (Wildman–Crippen LogP) is 2.82. The lowest BCUT2D eigenvalue weighted by Crippen LogP contribution is -2.40. The van der Waals surface area contributed by atoms with Gasteiger partial charge < -0.3 is 14.8 Å². The molecule has 2 aromatic rings. The molecule has 2 aromatic carbocycles. The Morgan fingerprint density at radius 2 is 1.85 bits per heavy atom. The summed E-state index contributed by atoms with van der Waals surface area (Å²) in [5.41, 5.74) is 1.00. The molecule has 0 atom stereocenters. The molecule has 3 rings (SSSR count). The van der Waals surface area contributed by atoms with Crippen molar-refractivity contribution in [2.45, 2.75) is 23.1 Å². The number of esters is 1. The number of benzene rings is 2. The van der Waals surface area contributed by atoms with Crippen molar-refractivity contribution in [2.75, 3.05) is 44.0 Å². The smallest absolute Gasteiger partial charge is 0.307 e. The Morgan fingerprint density at radius 1 is 1.15 bits per heavy atom. The molecule has 1 heterocycles. The third-order valence-corrected chi connectivity index (χ3v) is 7.75. The van der Waals surface area contributed by atoms with E-state index in [4.69, 9.17) is 9.47 Å². The lowest BCUT2D eigenvalue weighted by Gasteiger charge is -2.26. The predicted molar refractivity (Wildman–Crippen MR) is 122 cm³/mol. The second kappa shape index (κ2) is 11.6. The monoisotopic (exact) mass is 496 g/mol. The first-order chi connectivity index (χ1) is 15.8. The van der Waals surface area contributed by atoms with Gasteiger partial charge in [-0.05, 0) is 48.9 Å². The number of nitrogens with zero attached hydrogens (tertiary/aromatic N) is 1. The van der Waals surface area contributed by atoms with Crippen molar-refractivity contribution in [3.05, 3.63) is 53.8 Å². The number of morpholine rings is 1. The summed E-state index contributed by atoms with van der Waals surface area (Å²) in [5.74, 6) is -1.02. The summed E-state index contributed by atoms with van der Waals surface area (Å²) >= 11 is 1.38. The first-order valence-electron chi connectivity index (χ1n) is 10.3. The van der Waals surface area contributed by atoms with Crippen molar-refractivity contribution in [1.82, 2.24) is 4.31 Å². The number of amides is 1. The van der Waals surface area contributed by atoms with E-state index in [-0.39, 0.29) is 30.2 Å². The van der Waals surface area contributed by atoms with E-state index in [1.165, 1.54) is 40.3 Å². The van der Waals surface area contributed by atoms with Crippen LogP contribution in [-0.2, 0) is 29.1 Å². The third kappa shape index (κ3) is 7.26. The Hall–Kier alpha value is -2.47. The van der Waals surface area contributed by atoms with Crippen LogP contribution in [0, 0.1) is 12.7 Å². The summed E-state index contributed by atoms with van der Waals surface area (Å²) < 4.78 is 50.1. The van der Waals surface area contributed by atoms with E-state index < -0.39 is 28.5 Å². The highest BCUT2D eigenvalue weighted by Gasteiger charge is 2.27. The van der Waals surface area contributed by atoms with E-state index in [1.54, 1.807) is 25.1 Å². The van der Waals surface area contributed by atoms with Gasteiger partial charge in [0.1, 0.15) is 5.82 Å². The van der Waals surface area contributed by atoms with Crippen LogP contribution in [0.3, 0.4) is 0 Å². The summed E-state index contributed by atoms with van der Waals surface area (Å²) in [5, 5.41) is 2.60. The number of aryl methyl sites for hydroxylation is 1. The van der Waals surface area contributed by atoms with Crippen molar-refractivity contribution in [3.63, 3.8) is 0 Å². The molecular weight excluding hydrogens is 471 g/mol. The zero-order chi connectivity index (χ0) is 23.8. The molecule has 0 unspecified atom stereocenters. The standard InChI is InChI=1S/C22H25FN2O6S2/c1-16-2-7-19(33(28,29)25-9-11-30-12-10-25)14-20(16)24-21(26)15-31-22(27)8-13-32-18-5-3-17(23)4-6-18/h2-7,14H,8-13,15H2,1H3,(H,24,26). The van der Waals surface area contributed by atoms with Crippen LogP contribution in [0.5, 0.6) is 0 Å². The Morgan fingerprint density at radius 3 is 2.55 bits per heavy atom. The van der Waals surface area contributed by atoms with Crippen molar-refractivity contribution < 1.29 is 31.9 Å². The van der Waals surface area contributed by atoms with Crippen LogP contribution < -0.4 is 5.32 Å². The third-order valence-electron chi connectivity index (χ3n) is 4.84. The number of hydrogen-bond acceptors (Lipinski definition) is 7. The lowest BCUT2D eigenvalue weighted by molar-refractivity contribution is -0.146. The number of nitrogens with one attached hydrogen (secondary N) is 1. The summed E-state index contributed by atoms with van der Waals surface area (Å²) in [6, 6.07) is 10.4. The Balaban J connectivity index is 1.49. The van der Waals surface area contributed by atoms with Gasteiger partial charge in [0.25, 0.3) is 5.91 Å². The molecule has 0 radical (unpaired) electrons. The van der Waals surface area contributed by atoms with E-state index in [2.05, 4.69) is 5.32 Å². The zero-order valence-electron chi connectivity index (χ0n) is 18.1. The maximum Gasteiger partial charge on any atom is 0.307 e. The Kier molecular flexibility index (Phi) is 8.84. The van der Waals surface area contributed by atoms with Crippen LogP contribution in [0.4, 0.5) is 10.1 Å². The molecule has 0 spiro atoms. The average Bonchev–Trinajstić information content (AvgIpc) is 2.81. The number of carbonyl (C=O) groups is 2. The minimum atomic E-state index is -3.70. The molecule has 1 aliphatic rings. The molecule has 1 fully saturated rings. The summed E-state index contributed by atoms with van der Waals surface area (Å²) in [6.07, 6.45) is 0.0849. The summed E-state index contributed by atoms with van der Waals surface area (Å²) in [4.78, 5) is 25.0. The number of ether oxygens (including phenoxy) is 2. The van der Waals surface area contributed by atoms with Crippen LogP contribution in [0.2, 0.25) is 0 Å². The molecular formula is C22H25FN2O6S2. The molecule has 8 nitrogen and oxygen atoms in total. The van der Waals surface area contributed by atoms with E-state index >= 15 is 0 Å². The molecule has 0 aliphatic carbocycles. The van der Waals surface area contributed by atoms with Gasteiger partial charge in [0.05, 0.1) is 24.5 Å². The highest BCUT2D eigenvalue weighted by molar-refractivity contribution is 7.99. The Labute approximate surface area is 196 Å². The molecule has 1 aliphatic heterocycles. The van der Waals surface area contributed by atoms with Crippen LogP contribution in [0.25, 0.3) is 0 Å². The fourth-order valence-electron chi connectivity index (χ4n) is 3.02. The normalized spacial score (nSPS) is 14.6. The maximum atomic E-state index is 12.9. The first kappa shape index (κ1) is 25.2. The molecule has 11 heteroatoms. The van der Waals surface area contributed by atoms with E-state index in [9.17, 15) is 22.4 Å². The Bertz CT molecular complexity index is 1090. The van der Waals surface area contributed by atoms with E-state index in [0.29, 0.717) is 30.2 Å². The van der Waals surface area contributed by atoms with Gasteiger partial charge in [-0.3, -0.25) is 9.59 Å². The number of rotatable bonds is 9. The van der Waals surface area contributed by atoms with E-state index in [0.717, 1.165) is 4.90 Å². The molecule has 178 valence electrons.